The van der Waals surface area contributed by atoms with Crippen molar-refractivity contribution in [3.8, 4) is 0 Å². The largest absolute Gasteiger partial charge is 0.337 e. The molecular weight excluding hydrogens is 220 g/mol. The van der Waals surface area contributed by atoms with E-state index >= 15 is 0 Å². The Bertz CT molecular complexity index is 308. The number of carbonyl (C=O) groups is 2. The average Bonchev–Trinajstić information content (AvgIpc) is 2.70. The van der Waals surface area contributed by atoms with Crippen molar-refractivity contribution in [2.45, 2.75) is 31.7 Å². The van der Waals surface area contributed by atoms with Crippen LogP contribution in [-0.2, 0) is 9.59 Å². The summed E-state index contributed by atoms with van der Waals surface area (Å²) in [5.41, 5.74) is 2.14. The maximum atomic E-state index is 11.5. The SMILES string of the molecule is NNC(=O)CCCN1CCN2C(=O)CCC2C1. The summed E-state index contributed by atoms with van der Waals surface area (Å²) >= 11 is 0. The number of amides is 2. The number of rotatable bonds is 4. The molecule has 1 atom stereocenters. The Hall–Kier alpha value is -1.14. The fraction of sp³-hybridized carbons (Fsp3) is 0.818. The van der Waals surface area contributed by atoms with E-state index in [1.54, 1.807) is 0 Å². The molecule has 2 heterocycles. The number of hydrogen-bond acceptors (Lipinski definition) is 4. The van der Waals surface area contributed by atoms with Gasteiger partial charge >= 0.3 is 0 Å². The zero-order chi connectivity index (χ0) is 12.3. The molecule has 2 saturated heterocycles. The minimum Gasteiger partial charge on any atom is -0.337 e. The van der Waals surface area contributed by atoms with Gasteiger partial charge in [0.05, 0.1) is 0 Å². The lowest BCUT2D eigenvalue weighted by Crippen LogP contribution is -2.51. The molecule has 17 heavy (non-hydrogen) atoms. The van der Waals surface area contributed by atoms with Gasteiger partial charge in [0.2, 0.25) is 11.8 Å². The Morgan fingerprint density at radius 1 is 1.47 bits per heavy atom. The van der Waals surface area contributed by atoms with E-state index in [1.807, 2.05) is 4.90 Å². The Balaban J connectivity index is 1.70. The molecule has 6 nitrogen and oxygen atoms in total. The highest BCUT2D eigenvalue weighted by atomic mass is 16.2. The molecule has 3 N–H and O–H groups in total. The number of nitrogens with one attached hydrogen (secondary N) is 1. The normalized spacial score (nSPS) is 24.9. The summed E-state index contributed by atoms with van der Waals surface area (Å²) in [5, 5.41) is 0. The molecule has 0 aromatic carbocycles. The van der Waals surface area contributed by atoms with E-state index in [0.29, 0.717) is 24.8 Å². The highest BCUT2D eigenvalue weighted by Gasteiger charge is 2.34. The van der Waals surface area contributed by atoms with Gasteiger partial charge in [0.15, 0.2) is 0 Å². The summed E-state index contributed by atoms with van der Waals surface area (Å²) in [6.45, 7) is 3.63. The van der Waals surface area contributed by atoms with E-state index < -0.39 is 0 Å². The van der Waals surface area contributed by atoms with E-state index in [1.165, 1.54) is 0 Å². The molecule has 2 rings (SSSR count). The van der Waals surface area contributed by atoms with Crippen LogP contribution in [0.3, 0.4) is 0 Å². The number of hydrazine groups is 1. The number of nitrogens with two attached hydrogens (primary N) is 1. The lowest BCUT2D eigenvalue weighted by atomic mass is 10.1. The van der Waals surface area contributed by atoms with Crippen LogP contribution < -0.4 is 11.3 Å². The number of nitrogens with zero attached hydrogens (tertiary/aromatic N) is 2. The Morgan fingerprint density at radius 3 is 3.06 bits per heavy atom. The highest BCUT2D eigenvalue weighted by Crippen LogP contribution is 2.22. The maximum Gasteiger partial charge on any atom is 0.233 e. The molecule has 0 aliphatic carbocycles. The fourth-order valence-corrected chi connectivity index (χ4v) is 2.67. The topological polar surface area (TPSA) is 78.7 Å². The minimum absolute atomic E-state index is 0.111. The molecule has 2 aliphatic rings. The second kappa shape index (κ2) is 5.46. The number of fused-ring (bicyclic) bond motifs is 1. The molecule has 2 fully saturated rings. The lowest BCUT2D eigenvalue weighted by Gasteiger charge is -2.37. The molecule has 1 unspecified atom stereocenters. The van der Waals surface area contributed by atoms with E-state index in [-0.39, 0.29) is 5.91 Å². The van der Waals surface area contributed by atoms with Gasteiger partial charge < -0.3 is 4.90 Å². The van der Waals surface area contributed by atoms with Gasteiger partial charge in [0.1, 0.15) is 0 Å². The average molecular weight is 240 g/mol. The molecule has 0 radical (unpaired) electrons. The number of piperazine rings is 1. The van der Waals surface area contributed by atoms with Gasteiger partial charge in [-0.1, -0.05) is 0 Å². The Kier molecular flexibility index (Phi) is 3.96. The molecular formula is C11H20N4O2. The predicted octanol–water partition coefficient (Wildman–Crippen LogP) is -0.937. The van der Waals surface area contributed by atoms with Crippen LogP contribution in [-0.4, -0.2) is 53.8 Å². The van der Waals surface area contributed by atoms with E-state index in [4.69, 9.17) is 5.84 Å². The van der Waals surface area contributed by atoms with Crippen molar-refractivity contribution >= 4 is 11.8 Å². The van der Waals surface area contributed by atoms with Crippen molar-refractivity contribution in [2.75, 3.05) is 26.2 Å². The summed E-state index contributed by atoms with van der Waals surface area (Å²) < 4.78 is 0. The molecule has 0 saturated carbocycles. The Labute approximate surface area is 101 Å². The van der Waals surface area contributed by atoms with Crippen LogP contribution in [0.4, 0.5) is 0 Å². The van der Waals surface area contributed by atoms with Gasteiger partial charge in [-0.15, -0.1) is 0 Å². The molecule has 96 valence electrons. The van der Waals surface area contributed by atoms with E-state index in [2.05, 4.69) is 10.3 Å². The van der Waals surface area contributed by atoms with Crippen molar-refractivity contribution in [2.24, 2.45) is 5.84 Å². The number of hydrogen-bond donors (Lipinski definition) is 2. The van der Waals surface area contributed by atoms with E-state index in [0.717, 1.165) is 39.0 Å². The third kappa shape index (κ3) is 2.95. The van der Waals surface area contributed by atoms with Crippen molar-refractivity contribution in [3.05, 3.63) is 0 Å². The van der Waals surface area contributed by atoms with E-state index in [9.17, 15) is 9.59 Å². The molecule has 0 bridgehead atoms. The van der Waals surface area contributed by atoms with Crippen molar-refractivity contribution in [3.63, 3.8) is 0 Å². The van der Waals surface area contributed by atoms with Gasteiger partial charge in [0.25, 0.3) is 0 Å². The molecule has 0 aromatic heterocycles. The number of carbonyl (C=O) groups excluding carboxylic acids is 2. The molecule has 2 aliphatic heterocycles. The van der Waals surface area contributed by atoms with Crippen molar-refractivity contribution in [1.29, 1.82) is 0 Å². The van der Waals surface area contributed by atoms with Crippen LogP contribution in [0.1, 0.15) is 25.7 Å². The van der Waals surface area contributed by atoms with Crippen LogP contribution in [0.25, 0.3) is 0 Å². The van der Waals surface area contributed by atoms with Gasteiger partial charge in [-0.25, -0.2) is 5.84 Å². The van der Waals surface area contributed by atoms with Crippen LogP contribution >= 0.6 is 0 Å². The molecule has 0 aromatic rings. The monoisotopic (exact) mass is 240 g/mol. The summed E-state index contributed by atoms with van der Waals surface area (Å²) in [6.07, 6.45) is 2.98. The molecule has 2 amide bonds. The van der Waals surface area contributed by atoms with Crippen LogP contribution in [0.5, 0.6) is 0 Å². The standard InChI is InChI=1S/C11H20N4O2/c12-13-10(16)2-1-5-14-6-7-15-9(8-14)3-4-11(15)17/h9H,1-8,12H2,(H,13,16). The van der Waals surface area contributed by atoms with Gasteiger partial charge in [-0.3, -0.25) is 19.9 Å². The third-order valence-electron chi connectivity index (χ3n) is 3.62. The molecule has 6 heteroatoms. The first kappa shape index (κ1) is 12.3. The third-order valence-corrected chi connectivity index (χ3v) is 3.62. The zero-order valence-electron chi connectivity index (χ0n) is 10.0. The second-order valence-corrected chi connectivity index (χ2v) is 4.75. The minimum atomic E-state index is -0.111. The lowest BCUT2D eigenvalue weighted by molar-refractivity contribution is -0.130. The summed E-state index contributed by atoms with van der Waals surface area (Å²) in [7, 11) is 0. The van der Waals surface area contributed by atoms with Crippen molar-refractivity contribution in [1.82, 2.24) is 15.2 Å². The zero-order valence-corrected chi connectivity index (χ0v) is 10.0. The summed E-state index contributed by atoms with van der Waals surface area (Å²) in [4.78, 5) is 26.8. The van der Waals surface area contributed by atoms with Crippen LogP contribution in [0, 0.1) is 0 Å². The van der Waals surface area contributed by atoms with Crippen LogP contribution in [0.15, 0.2) is 0 Å². The first-order valence-corrected chi connectivity index (χ1v) is 6.22. The quantitative estimate of drug-likeness (QED) is 0.378. The first-order valence-electron chi connectivity index (χ1n) is 6.22. The summed E-state index contributed by atoms with van der Waals surface area (Å²) in [6, 6.07) is 0.402. The highest BCUT2D eigenvalue weighted by molar-refractivity contribution is 5.79. The fourth-order valence-electron chi connectivity index (χ4n) is 2.67. The first-order chi connectivity index (χ1) is 8.20. The smallest absolute Gasteiger partial charge is 0.233 e. The predicted molar refractivity (Wildman–Crippen MR) is 62.7 cm³/mol. The maximum absolute atomic E-state index is 11.5. The van der Waals surface area contributed by atoms with Gasteiger partial charge in [0, 0.05) is 38.5 Å². The molecule has 0 spiro atoms. The van der Waals surface area contributed by atoms with Crippen molar-refractivity contribution < 1.29 is 9.59 Å². The summed E-state index contributed by atoms with van der Waals surface area (Å²) in [5.74, 6) is 5.21. The van der Waals surface area contributed by atoms with Gasteiger partial charge in [-0.05, 0) is 19.4 Å². The second-order valence-electron chi connectivity index (χ2n) is 4.75. The Morgan fingerprint density at radius 2 is 2.29 bits per heavy atom. The van der Waals surface area contributed by atoms with Gasteiger partial charge in [-0.2, -0.15) is 0 Å². The van der Waals surface area contributed by atoms with Crippen LogP contribution in [0.2, 0.25) is 0 Å².